The van der Waals surface area contributed by atoms with E-state index in [4.69, 9.17) is 10.9 Å². The Kier molecular flexibility index (Phi) is 4.88. The molecule has 1 aliphatic rings. The van der Waals surface area contributed by atoms with Crippen molar-refractivity contribution in [1.82, 2.24) is 4.90 Å². The van der Waals surface area contributed by atoms with Crippen molar-refractivity contribution in [3.05, 3.63) is 0 Å². The fourth-order valence-corrected chi connectivity index (χ4v) is 2.32. The minimum atomic E-state index is 0.278. The molecule has 1 atom stereocenters. The zero-order valence-corrected chi connectivity index (χ0v) is 9.82. The Morgan fingerprint density at radius 2 is 2.13 bits per heavy atom. The minimum Gasteiger partial charge on any atom is -0.409 e. The SMILES string of the molecule is CCCC(C)N1CCC(C(N)=NO)CC1. The Morgan fingerprint density at radius 3 is 2.60 bits per heavy atom. The molecule has 0 saturated carbocycles. The summed E-state index contributed by atoms with van der Waals surface area (Å²) in [6, 6.07) is 0.670. The molecule has 0 radical (unpaired) electrons. The van der Waals surface area contributed by atoms with Crippen LogP contribution in [-0.4, -0.2) is 35.1 Å². The number of piperidine rings is 1. The Labute approximate surface area is 92.1 Å². The Morgan fingerprint density at radius 1 is 1.53 bits per heavy atom. The van der Waals surface area contributed by atoms with Crippen molar-refractivity contribution in [2.45, 2.75) is 45.6 Å². The van der Waals surface area contributed by atoms with E-state index in [0.29, 0.717) is 11.9 Å². The minimum absolute atomic E-state index is 0.278. The van der Waals surface area contributed by atoms with Gasteiger partial charge in [0, 0.05) is 12.0 Å². The maximum absolute atomic E-state index is 8.60. The van der Waals surface area contributed by atoms with E-state index in [9.17, 15) is 0 Å². The smallest absolute Gasteiger partial charge is 0.142 e. The van der Waals surface area contributed by atoms with Crippen LogP contribution in [0, 0.1) is 5.92 Å². The van der Waals surface area contributed by atoms with Crippen LogP contribution < -0.4 is 5.73 Å². The zero-order valence-electron chi connectivity index (χ0n) is 9.82. The molecule has 0 aromatic rings. The van der Waals surface area contributed by atoms with Gasteiger partial charge in [0.2, 0.25) is 0 Å². The highest BCUT2D eigenvalue weighted by atomic mass is 16.4. The quantitative estimate of drug-likeness (QED) is 0.323. The van der Waals surface area contributed by atoms with Crippen molar-refractivity contribution >= 4 is 5.84 Å². The summed E-state index contributed by atoms with van der Waals surface area (Å²) < 4.78 is 0. The number of nitrogens with two attached hydrogens (primary N) is 1. The summed E-state index contributed by atoms with van der Waals surface area (Å²) in [6.45, 7) is 6.65. The number of likely N-dealkylation sites (tertiary alicyclic amines) is 1. The maximum atomic E-state index is 8.60. The second-order valence-corrected chi connectivity index (χ2v) is 4.47. The van der Waals surface area contributed by atoms with E-state index >= 15 is 0 Å². The van der Waals surface area contributed by atoms with E-state index in [1.165, 1.54) is 12.8 Å². The number of hydrogen-bond acceptors (Lipinski definition) is 3. The summed E-state index contributed by atoms with van der Waals surface area (Å²) in [5.41, 5.74) is 5.61. The van der Waals surface area contributed by atoms with E-state index in [1.807, 2.05) is 0 Å². The van der Waals surface area contributed by atoms with E-state index < -0.39 is 0 Å². The molecular weight excluding hydrogens is 190 g/mol. The van der Waals surface area contributed by atoms with Crippen LogP contribution in [0.25, 0.3) is 0 Å². The van der Waals surface area contributed by atoms with Crippen molar-refractivity contribution in [1.29, 1.82) is 0 Å². The second-order valence-electron chi connectivity index (χ2n) is 4.47. The molecule has 1 saturated heterocycles. The Bertz CT molecular complexity index is 210. The van der Waals surface area contributed by atoms with Gasteiger partial charge in [0.05, 0.1) is 0 Å². The first-order chi connectivity index (χ1) is 7.19. The summed E-state index contributed by atoms with van der Waals surface area (Å²) in [5, 5.41) is 11.7. The first kappa shape index (κ1) is 12.3. The van der Waals surface area contributed by atoms with Crippen LogP contribution in [0.2, 0.25) is 0 Å². The van der Waals surface area contributed by atoms with Crippen LogP contribution >= 0.6 is 0 Å². The number of amidine groups is 1. The third kappa shape index (κ3) is 3.38. The number of hydrogen-bond donors (Lipinski definition) is 2. The first-order valence-electron chi connectivity index (χ1n) is 5.90. The maximum Gasteiger partial charge on any atom is 0.142 e. The molecule has 0 aromatic carbocycles. The van der Waals surface area contributed by atoms with Crippen molar-refractivity contribution in [3.63, 3.8) is 0 Å². The van der Waals surface area contributed by atoms with Crippen LogP contribution in [0.3, 0.4) is 0 Å². The monoisotopic (exact) mass is 213 g/mol. The highest BCUT2D eigenvalue weighted by molar-refractivity contribution is 5.82. The number of oxime groups is 1. The van der Waals surface area contributed by atoms with Gasteiger partial charge in [-0.2, -0.15) is 0 Å². The van der Waals surface area contributed by atoms with Gasteiger partial charge in [-0.1, -0.05) is 18.5 Å². The molecule has 0 aliphatic carbocycles. The van der Waals surface area contributed by atoms with E-state index in [2.05, 4.69) is 23.9 Å². The topological polar surface area (TPSA) is 61.8 Å². The molecule has 15 heavy (non-hydrogen) atoms. The fourth-order valence-electron chi connectivity index (χ4n) is 2.32. The van der Waals surface area contributed by atoms with Crippen LogP contribution in [0.4, 0.5) is 0 Å². The molecule has 3 N–H and O–H groups in total. The van der Waals surface area contributed by atoms with Gasteiger partial charge in [0.1, 0.15) is 5.84 Å². The lowest BCUT2D eigenvalue weighted by molar-refractivity contribution is 0.150. The standard InChI is InChI=1S/C11H23N3O/c1-3-4-9(2)14-7-5-10(6-8-14)11(12)13-15/h9-10,15H,3-8H2,1-2H3,(H2,12,13). The molecule has 0 aromatic heterocycles. The fraction of sp³-hybridized carbons (Fsp3) is 0.909. The van der Waals surface area contributed by atoms with E-state index in [-0.39, 0.29) is 5.92 Å². The van der Waals surface area contributed by atoms with Gasteiger partial charge >= 0.3 is 0 Å². The van der Waals surface area contributed by atoms with Gasteiger partial charge in [-0.15, -0.1) is 0 Å². The number of rotatable bonds is 4. The molecule has 0 bridgehead atoms. The zero-order chi connectivity index (χ0) is 11.3. The van der Waals surface area contributed by atoms with Gasteiger partial charge in [-0.05, 0) is 39.3 Å². The first-order valence-corrected chi connectivity index (χ1v) is 5.90. The number of nitrogens with zero attached hydrogens (tertiary/aromatic N) is 2. The van der Waals surface area contributed by atoms with Gasteiger partial charge in [0.15, 0.2) is 0 Å². The molecule has 0 amide bonds. The molecule has 0 spiro atoms. The molecule has 4 nitrogen and oxygen atoms in total. The summed E-state index contributed by atoms with van der Waals surface area (Å²) in [6.07, 6.45) is 4.53. The molecule has 1 unspecified atom stereocenters. The average molecular weight is 213 g/mol. The van der Waals surface area contributed by atoms with Gasteiger partial charge < -0.3 is 15.8 Å². The Hall–Kier alpha value is -0.770. The highest BCUT2D eigenvalue weighted by Crippen LogP contribution is 2.20. The van der Waals surface area contributed by atoms with Crippen molar-refractivity contribution in [2.24, 2.45) is 16.8 Å². The van der Waals surface area contributed by atoms with Crippen molar-refractivity contribution in [2.75, 3.05) is 13.1 Å². The lowest BCUT2D eigenvalue weighted by Gasteiger charge is -2.35. The normalized spacial score (nSPS) is 22.9. The van der Waals surface area contributed by atoms with Crippen LogP contribution in [0.1, 0.15) is 39.5 Å². The predicted molar refractivity (Wildman–Crippen MR) is 62.1 cm³/mol. The van der Waals surface area contributed by atoms with Crippen molar-refractivity contribution in [3.8, 4) is 0 Å². The highest BCUT2D eigenvalue weighted by Gasteiger charge is 2.24. The van der Waals surface area contributed by atoms with Crippen molar-refractivity contribution < 1.29 is 5.21 Å². The molecule has 88 valence electrons. The largest absolute Gasteiger partial charge is 0.409 e. The third-order valence-corrected chi connectivity index (χ3v) is 3.39. The van der Waals surface area contributed by atoms with Gasteiger partial charge in [-0.3, -0.25) is 0 Å². The predicted octanol–water partition coefficient (Wildman–Crippen LogP) is 1.63. The summed E-state index contributed by atoms with van der Waals surface area (Å²) >= 11 is 0. The molecule has 1 heterocycles. The summed E-state index contributed by atoms with van der Waals surface area (Å²) in [4.78, 5) is 2.50. The molecule has 1 fully saturated rings. The van der Waals surface area contributed by atoms with E-state index in [1.54, 1.807) is 0 Å². The lowest BCUT2D eigenvalue weighted by Crippen LogP contribution is -2.42. The second kappa shape index (κ2) is 5.95. The van der Waals surface area contributed by atoms with E-state index in [0.717, 1.165) is 25.9 Å². The summed E-state index contributed by atoms with van der Waals surface area (Å²) in [5.74, 6) is 0.679. The molecule has 1 aliphatic heterocycles. The molecular formula is C11H23N3O. The lowest BCUT2D eigenvalue weighted by atomic mass is 9.94. The van der Waals surface area contributed by atoms with Crippen LogP contribution in [0.5, 0.6) is 0 Å². The molecule has 4 heteroatoms. The van der Waals surface area contributed by atoms with Gasteiger partial charge in [0.25, 0.3) is 0 Å². The van der Waals surface area contributed by atoms with Crippen LogP contribution in [0.15, 0.2) is 5.16 Å². The average Bonchev–Trinajstić information content (AvgIpc) is 2.28. The third-order valence-electron chi connectivity index (χ3n) is 3.39. The summed E-state index contributed by atoms with van der Waals surface area (Å²) in [7, 11) is 0. The van der Waals surface area contributed by atoms with Gasteiger partial charge in [-0.25, -0.2) is 0 Å². The molecule has 1 rings (SSSR count). The Balaban J connectivity index is 2.35. The van der Waals surface area contributed by atoms with Crippen LogP contribution in [-0.2, 0) is 0 Å².